The molecule has 0 amide bonds. The van der Waals surface area contributed by atoms with Gasteiger partial charge in [0.25, 0.3) is 0 Å². The van der Waals surface area contributed by atoms with Crippen molar-refractivity contribution >= 4 is 11.9 Å². The predicted molar refractivity (Wildman–Crippen MR) is 19.8 cm³/mol. The van der Waals surface area contributed by atoms with Crippen molar-refractivity contribution < 1.29 is 19.4 Å². The Bertz CT molecular complexity index is 44.9. The van der Waals surface area contributed by atoms with Crippen LogP contribution < -0.4 is 5.73 Å². The monoisotopic (exact) mass is 237 g/mol. The van der Waals surface area contributed by atoms with Crippen molar-refractivity contribution in [2.45, 2.75) is 6.32 Å². The van der Waals surface area contributed by atoms with Crippen LogP contribution in [-0.2, 0) is 19.4 Å². The van der Waals surface area contributed by atoms with Crippen LogP contribution in [0.4, 0.5) is 0 Å². The summed E-state index contributed by atoms with van der Waals surface area (Å²) < 4.78 is 0.866. The molecule has 0 heterocycles. The summed E-state index contributed by atoms with van der Waals surface area (Å²) in [6.07, 6.45) is 0.537. The molecule has 2 radical (unpaired) electrons. The fourth-order valence-corrected chi connectivity index (χ4v) is 0. The third kappa shape index (κ3) is 4.58. The molecule has 0 aliphatic carbocycles. The van der Waals surface area contributed by atoms with Crippen molar-refractivity contribution in [3.63, 3.8) is 0 Å². The van der Waals surface area contributed by atoms with Gasteiger partial charge >= 0.3 is 43.3 Å². The molecule has 0 aliphatic rings. The third-order valence-corrected chi connectivity index (χ3v) is 0.800. The molecule has 0 unspecified atom stereocenters. The van der Waals surface area contributed by atoms with Gasteiger partial charge in [-0.3, -0.25) is 0 Å². The van der Waals surface area contributed by atoms with Gasteiger partial charge in [-0.05, 0) is 0 Å². The molecule has 0 aromatic carbocycles. The first-order valence-electron chi connectivity index (χ1n) is 1.25. The molecule has 0 fully saturated rings. The maximum atomic E-state index is 5.12. The van der Waals surface area contributed by atoms with Crippen LogP contribution >= 0.6 is 0 Å². The summed E-state index contributed by atoms with van der Waals surface area (Å²) >= 11 is 1.28. The summed E-state index contributed by atoms with van der Waals surface area (Å²) in [7, 11) is 5.03. The minimum absolute atomic E-state index is 0.537. The molecule has 0 aliphatic heterocycles. The summed E-state index contributed by atoms with van der Waals surface area (Å²) in [6.45, 7) is 0. The summed E-state index contributed by atoms with van der Waals surface area (Å²) in [6, 6.07) is 0. The molecule has 0 aromatic rings. The van der Waals surface area contributed by atoms with Crippen LogP contribution in [0.3, 0.4) is 0 Å². The Morgan fingerprint density at radius 1 is 2.00 bits per heavy atom. The molecule has 1 nitrogen and oxygen atoms in total. The zero-order chi connectivity index (χ0) is 4.28. The molecule has 3 heteroatoms. The Morgan fingerprint density at radius 2 is 2.20 bits per heavy atom. The van der Waals surface area contributed by atoms with Gasteiger partial charge in [-0.1, -0.05) is 0 Å². The van der Waals surface area contributed by atoms with Gasteiger partial charge in [0, 0.05) is 0 Å². The first-order chi connectivity index (χ1) is 2.27. The second-order valence-corrected chi connectivity index (χ2v) is 2.55. The zero-order valence-corrected chi connectivity index (χ0v) is 5.70. The summed E-state index contributed by atoms with van der Waals surface area (Å²) in [5.74, 6) is 0. The fraction of sp³-hybridized carbons (Fsp3) is 0.500. The van der Waals surface area contributed by atoms with E-state index in [4.69, 9.17) is 13.6 Å². The number of hydrogen-bond acceptors (Lipinski definition) is 1. The van der Waals surface area contributed by atoms with Crippen molar-refractivity contribution in [3.8, 4) is 0 Å². The Kier molecular flexibility index (Phi) is 3.13. The molecule has 26 valence electrons. The summed E-state index contributed by atoms with van der Waals surface area (Å²) in [4.78, 5) is 0. The van der Waals surface area contributed by atoms with E-state index in [1.54, 1.807) is 0 Å². The fourth-order valence-electron chi connectivity index (χ4n) is 0. The van der Waals surface area contributed by atoms with Gasteiger partial charge in [-0.15, -0.1) is 0 Å². The van der Waals surface area contributed by atoms with E-state index < -0.39 is 0 Å². The number of rotatable bonds is 1. The van der Waals surface area contributed by atoms with Crippen molar-refractivity contribution in [2.75, 3.05) is 0 Å². The topological polar surface area (TPSA) is 26.0 Å². The number of nitrogens with two attached hydrogens (primary N) is 1. The molecule has 5 heavy (non-hydrogen) atoms. The van der Waals surface area contributed by atoms with Crippen LogP contribution in [0, 0.1) is 0 Å². The molecular weight excluding hydrogens is 233 g/mol. The molecular formula is C2H4BNW. The number of hydrogen-bond donors (Lipinski definition) is 1. The van der Waals surface area contributed by atoms with Crippen LogP contribution in [0.1, 0.15) is 0 Å². The quantitative estimate of drug-likeness (QED) is 0.594. The van der Waals surface area contributed by atoms with Crippen LogP contribution in [0.15, 0.2) is 0 Å². The third-order valence-electron chi connectivity index (χ3n) is 0.201. The maximum absolute atomic E-state index is 5.12. The van der Waals surface area contributed by atoms with Crippen LogP contribution in [0.5, 0.6) is 0 Å². The van der Waals surface area contributed by atoms with Crippen LogP contribution in [0.2, 0.25) is 6.32 Å². The molecule has 0 aromatic heterocycles. The second kappa shape index (κ2) is 2.80. The van der Waals surface area contributed by atoms with Gasteiger partial charge in [-0.25, -0.2) is 0 Å². The standard InChI is InChI=1S/C2H4BN.W/c3-1-2-4;/h1,4H2;. The second-order valence-electron chi connectivity index (χ2n) is 0.670. The first kappa shape index (κ1) is 5.58. The van der Waals surface area contributed by atoms with Gasteiger partial charge in [0.2, 0.25) is 0 Å². The van der Waals surface area contributed by atoms with Gasteiger partial charge < -0.3 is 0 Å². The van der Waals surface area contributed by atoms with Gasteiger partial charge in [0.05, 0.1) is 0 Å². The van der Waals surface area contributed by atoms with Crippen molar-refractivity contribution in [2.24, 2.45) is 5.73 Å². The predicted octanol–water partition coefficient (Wildman–Crippen LogP) is -0.791. The Balaban J connectivity index is 2.85. The average Bonchev–Trinajstić information content (AvgIpc) is 1.38. The van der Waals surface area contributed by atoms with E-state index >= 15 is 0 Å². The Morgan fingerprint density at radius 3 is 2.20 bits per heavy atom. The van der Waals surface area contributed by atoms with E-state index in [1.165, 1.54) is 19.4 Å². The van der Waals surface area contributed by atoms with Crippen molar-refractivity contribution in [3.05, 3.63) is 0 Å². The van der Waals surface area contributed by atoms with Crippen LogP contribution in [-0.4, -0.2) is 11.9 Å². The summed E-state index contributed by atoms with van der Waals surface area (Å²) in [5, 5.41) is 0. The van der Waals surface area contributed by atoms with E-state index in [9.17, 15) is 0 Å². The Hall–Kier alpha value is 0.583. The molecule has 2 N–H and O–H groups in total. The SMILES string of the molecule is [B]C[C](N)=[W]. The van der Waals surface area contributed by atoms with E-state index in [0.717, 1.165) is 4.02 Å². The van der Waals surface area contributed by atoms with Crippen molar-refractivity contribution in [1.29, 1.82) is 0 Å². The molecule has 0 spiro atoms. The Labute approximate surface area is 43.7 Å². The van der Waals surface area contributed by atoms with Crippen LogP contribution in [0.25, 0.3) is 0 Å². The minimum atomic E-state index is 0.537. The van der Waals surface area contributed by atoms with E-state index in [1.807, 2.05) is 0 Å². The molecule has 0 rings (SSSR count). The average molecular weight is 237 g/mol. The van der Waals surface area contributed by atoms with Gasteiger partial charge in [0.15, 0.2) is 0 Å². The molecule has 0 bridgehead atoms. The molecule has 0 atom stereocenters. The van der Waals surface area contributed by atoms with E-state index in [-0.39, 0.29) is 0 Å². The normalized spacial score (nSPS) is 7.40. The van der Waals surface area contributed by atoms with Crippen molar-refractivity contribution in [1.82, 2.24) is 0 Å². The van der Waals surface area contributed by atoms with Gasteiger partial charge in [0.1, 0.15) is 0 Å². The molecule has 0 saturated heterocycles. The summed E-state index contributed by atoms with van der Waals surface area (Å²) in [5.41, 5.74) is 5.12. The van der Waals surface area contributed by atoms with E-state index in [0.29, 0.717) is 6.32 Å². The first-order valence-corrected chi connectivity index (χ1v) is 2.72. The van der Waals surface area contributed by atoms with Gasteiger partial charge in [-0.2, -0.15) is 0 Å². The van der Waals surface area contributed by atoms with E-state index in [2.05, 4.69) is 0 Å². The zero-order valence-electron chi connectivity index (χ0n) is 2.77. The molecule has 0 saturated carbocycles.